The molecule has 1 aromatic carbocycles. The SMILES string of the molecule is c1ccc(CCON=C2CCNCC2)cc1. The summed E-state index contributed by atoms with van der Waals surface area (Å²) >= 11 is 0. The summed E-state index contributed by atoms with van der Waals surface area (Å²) in [5.41, 5.74) is 2.49. The van der Waals surface area contributed by atoms with Crippen molar-refractivity contribution in [2.75, 3.05) is 19.7 Å². The third-order valence-electron chi connectivity index (χ3n) is 2.70. The molecule has 0 spiro atoms. The number of oxime groups is 1. The first-order valence-corrected chi connectivity index (χ1v) is 5.87. The van der Waals surface area contributed by atoms with Gasteiger partial charge in [-0.25, -0.2) is 0 Å². The molecule has 1 fully saturated rings. The van der Waals surface area contributed by atoms with Gasteiger partial charge in [-0.1, -0.05) is 35.5 Å². The Labute approximate surface area is 96.5 Å². The fraction of sp³-hybridized carbons (Fsp3) is 0.462. The van der Waals surface area contributed by atoms with Crippen LogP contribution in [0.4, 0.5) is 0 Å². The number of nitrogens with zero attached hydrogens (tertiary/aromatic N) is 1. The zero-order valence-electron chi connectivity index (χ0n) is 9.48. The summed E-state index contributed by atoms with van der Waals surface area (Å²) in [4.78, 5) is 5.34. The molecule has 0 aromatic heterocycles. The van der Waals surface area contributed by atoms with Crippen LogP contribution in [-0.2, 0) is 11.3 Å². The van der Waals surface area contributed by atoms with Gasteiger partial charge >= 0.3 is 0 Å². The maximum Gasteiger partial charge on any atom is 0.121 e. The third kappa shape index (κ3) is 3.66. The molecule has 1 saturated heterocycles. The van der Waals surface area contributed by atoms with E-state index in [9.17, 15) is 0 Å². The van der Waals surface area contributed by atoms with Crippen molar-refractivity contribution >= 4 is 5.71 Å². The van der Waals surface area contributed by atoms with Gasteiger partial charge in [0.05, 0.1) is 5.71 Å². The largest absolute Gasteiger partial charge is 0.396 e. The second kappa shape index (κ2) is 6.28. The summed E-state index contributed by atoms with van der Waals surface area (Å²) in [5, 5.41) is 7.47. The molecule has 1 aliphatic rings. The lowest BCUT2D eigenvalue weighted by atomic mass is 10.1. The van der Waals surface area contributed by atoms with E-state index in [0.717, 1.165) is 32.4 Å². The number of hydrogen-bond acceptors (Lipinski definition) is 3. The van der Waals surface area contributed by atoms with Gasteiger partial charge in [0.25, 0.3) is 0 Å². The van der Waals surface area contributed by atoms with E-state index < -0.39 is 0 Å². The maximum absolute atomic E-state index is 5.34. The summed E-state index contributed by atoms with van der Waals surface area (Å²) in [7, 11) is 0. The van der Waals surface area contributed by atoms with E-state index in [4.69, 9.17) is 4.84 Å². The molecule has 0 bridgehead atoms. The highest BCUT2D eigenvalue weighted by Gasteiger charge is 2.05. The molecule has 3 heteroatoms. The van der Waals surface area contributed by atoms with E-state index in [1.807, 2.05) is 18.2 Å². The van der Waals surface area contributed by atoms with Crippen LogP contribution in [0, 0.1) is 0 Å². The van der Waals surface area contributed by atoms with Crippen molar-refractivity contribution < 1.29 is 4.84 Å². The van der Waals surface area contributed by atoms with Gasteiger partial charge in [-0.3, -0.25) is 0 Å². The Morgan fingerprint density at radius 2 is 1.88 bits per heavy atom. The smallest absolute Gasteiger partial charge is 0.121 e. The highest BCUT2D eigenvalue weighted by molar-refractivity contribution is 5.84. The lowest BCUT2D eigenvalue weighted by Crippen LogP contribution is -2.27. The molecule has 16 heavy (non-hydrogen) atoms. The van der Waals surface area contributed by atoms with Crippen molar-refractivity contribution in [2.24, 2.45) is 5.16 Å². The Kier molecular flexibility index (Phi) is 4.37. The van der Waals surface area contributed by atoms with Crippen molar-refractivity contribution in [1.82, 2.24) is 5.32 Å². The second-order valence-electron chi connectivity index (χ2n) is 3.98. The fourth-order valence-corrected chi connectivity index (χ4v) is 1.75. The lowest BCUT2D eigenvalue weighted by molar-refractivity contribution is 0.146. The quantitative estimate of drug-likeness (QED) is 0.619. The van der Waals surface area contributed by atoms with Crippen LogP contribution >= 0.6 is 0 Å². The highest BCUT2D eigenvalue weighted by atomic mass is 16.6. The topological polar surface area (TPSA) is 33.6 Å². The molecular weight excluding hydrogens is 200 g/mol. The molecule has 0 amide bonds. The minimum absolute atomic E-state index is 0.668. The van der Waals surface area contributed by atoms with E-state index in [0.29, 0.717) is 6.61 Å². The molecule has 0 aliphatic carbocycles. The highest BCUT2D eigenvalue weighted by Crippen LogP contribution is 2.01. The van der Waals surface area contributed by atoms with Crippen molar-refractivity contribution in [2.45, 2.75) is 19.3 Å². The first-order valence-electron chi connectivity index (χ1n) is 5.87. The zero-order valence-corrected chi connectivity index (χ0v) is 9.48. The van der Waals surface area contributed by atoms with Crippen LogP contribution in [0.3, 0.4) is 0 Å². The molecule has 1 N–H and O–H groups in total. The number of hydrogen-bond donors (Lipinski definition) is 1. The molecule has 0 unspecified atom stereocenters. The second-order valence-corrected chi connectivity index (χ2v) is 3.98. The van der Waals surface area contributed by atoms with Gasteiger partial charge in [0.2, 0.25) is 0 Å². The van der Waals surface area contributed by atoms with Crippen molar-refractivity contribution in [3.05, 3.63) is 35.9 Å². The van der Waals surface area contributed by atoms with Gasteiger partial charge in [-0.05, 0) is 5.56 Å². The average Bonchev–Trinajstić information content (AvgIpc) is 2.37. The van der Waals surface area contributed by atoms with E-state index in [1.54, 1.807) is 0 Å². The van der Waals surface area contributed by atoms with Crippen molar-refractivity contribution in [3.8, 4) is 0 Å². The van der Waals surface area contributed by atoms with Crippen LogP contribution in [0.1, 0.15) is 18.4 Å². The van der Waals surface area contributed by atoms with E-state index in [1.165, 1.54) is 11.3 Å². The van der Waals surface area contributed by atoms with Crippen molar-refractivity contribution in [3.63, 3.8) is 0 Å². The van der Waals surface area contributed by atoms with Gasteiger partial charge in [0.1, 0.15) is 6.61 Å². The summed E-state index contributed by atoms with van der Waals surface area (Å²) in [6.07, 6.45) is 2.96. The maximum atomic E-state index is 5.34. The number of rotatable bonds is 4. The minimum atomic E-state index is 0.668. The van der Waals surface area contributed by atoms with Crippen molar-refractivity contribution in [1.29, 1.82) is 0 Å². The fourth-order valence-electron chi connectivity index (χ4n) is 1.75. The first-order chi connectivity index (χ1) is 7.95. The normalized spacial score (nSPS) is 15.9. The van der Waals surface area contributed by atoms with Gasteiger partial charge in [-0.15, -0.1) is 0 Å². The van der Waals surface area contributed by atoms with Gasteiger partial charge in [0.15, 0.2) is 0 Å². The Morgan fingerprint density at radius 1 is 1.12 bits per heavy atom. The molecule has 1 aromatic rings. The molecule has 1 aliphatic heterocycles. The first kappa shape index (κ1) is 11.1. The Hall–Kier alpha value is -1.35. The van der Waals surface area contributed by atoms with Crippen LogP contribution in [0.15, 0.2) is 35.5 Å². The molecule has 0 radical (unpaired) electrons. The predicted molar refractivity (Wildman–Crippen MR) is 65.6 cm³/mol. The molecule has 2 rings (SSSR count). The average molecular weight is 218 g/mol. The van der Waals surface area contributed by atoms with Gasteiger partial charge in [0, 0.05) is 32.4 Å². The standard InChI is InChI=1S/C13H18N2O/c1-2-4-12(5-3-1)8-11-16-15-13-6-9-14-10-7-13/h1-5,14H,6-11H2. The van der Waals surface area contributed by atoms with Gasteiger partial charge < -0.3 is 10.2 Å². The summed E-state index contributed by atoms with van der Waals surface area (Å²) < 4.78 is 0. The monoisotopic (exact) mass is 218 g/mol. The number of benzene rings is 1. The Morgan fingerprint density at radius 3 is 2.62 bits per heavy atom. The molecule has 0 saturated carbocycles. The predicted octanol–water partition coefficient (Wildman–Crippen LogP) is 1.99. The van der Waals surface area contributed by atoms with Crippen LogP contribution in [0.5, 0.6) is 0 Å². The number of nitrogens with one attached hydrogen (secondary N) is 1. The van der Waals surface area contributed by atoms with Crippen LogP contribution in [0.25, 0.3) is 0 Å². The van der Waals surface area contributed by atoms with Gasteiger partial charge in [-0.2, -0.15) is 0 Å². The summed E-state index contributed by atoms with van der Waals surface area (Å²) in [6.45, 7) is 2.72. The summed E-state index contributed by atoms with van der Waals surface area (Å²) in [6, 6.07) is 10.4. The summed E-state index contributed by atoms with van der Waals surface area (Å²) in [5.74, 6) is 0. The van der Waals surface area contributed by atoms with E-state index in [2.05, 4.69) is 22.6 Å². The van der Waals surface area contributed by atoms with Crippen LogP contribution in [-0.4, -0.2) is 25.4 Å². The zero-order chi connectivity index (χ0) is 11.1. The molecular formula is C13H18N2O. The minimum Gasteiger partial charge on any atom is -0.396 e. The molecule has 0 atom stereocenters. The lowest BCUT2D eigenvalue weighted by Gasteiger charge is -2.13. The third-order valence-corrected chi connectivity index (χ3v) is 2.70. The Balaban J connectivity index is 1.68. The molecule has 1 heterocycles. The number of piperidine rings is 1. The van der Waals surface area contributed by atoms with Crippen LogP contribution in [0.2, 0.25) is 0 Å². The molecule has 3 nitrogen and oxygen atoms in total. The Bertz CT molecular complexity index is 327. The van der Waals surface area contributed by atoms with Crippen LogP contribution < -0.4 is 5.32 Å². The van der Waals surface area contributed by atoms with E-state index >= 15 is 0 Å². The van der Waals surface area contributed by atoms with E-state index in [-0.39, 0.29) is 0 Å². The molecule has 86 valence electrons.